The molecule has 0 saturated carbocycles. The van der Waals surface area contributed by atoms with Crippen LogP contribution in [0.15, 0.2) is 24.4 Å². The van der Waals surface area contributed by atoms with Crippen molar-refractivity contribution in [3.63, 3.8) is 0 Å². The Labute approximate surface area is 144 Å². The molecule has 2 aliphatic rings. The summed E-state index contributed by atoms with van der Waals surface area (Å²) in [5.41, 5.74) is 0.923. The lowest BCUT2D eigenvalue weighted by Crippen LogP contribution is -2.50. The van der Waals surface area contributed by atoms with Gasteiger partial charge in [0.25, 0.3) is 5.91 Å². The number of nitrogens with zero attached hydrogens (tertiary/aromatic N) is 2. The summed E-state index contributed by atoms with van der Waals surface area (Å²) in [4.78, 5) is 19.7. The predicted molar refractivity (Wildman–Crippen MR) is 89.6 cm³/mol. The first-order valence-corrected chi connectivity index (χ1v) is 8.72. The molecule has 4 rings (SSSR count). The molecule has 1 aromatic carbocycles. The van der Waals surface area contributed by atoms with Gasteiger partial charge in [-0.2, -0.15) is 0 Å². The highest BCUT2D eigenvalue weighted by Gasteiger charge is 2.29. The van der Waals surface area contributed by atoms with Gasteiger partial charge >= 0.3 is 0 Å². The molecule has 0 N–H and O–H groups in total. The van der Waals surface area contributed by atoms with Crippen molar-refractivity contribution in [1.29, 1.82) is 0 Å². The van der Waals surface area contributed by atoms with Gasteiger partial charge in [-0.1, -0.05) is 0 Å². The standard InChI is InChI=1S/C17H18N2O4S/c1-10-8-21-11(2)7-19(10)17(20)15-6-18-16(24-15)12-3-4-13-14(5-12)23-9-22-13/h3-6,10-11H,7-9H2,1-2H3/t10-,11+/m0/s1. The Bertz CT molecular complexity index is 776. The van der Waals surface area contributed by atoms with Crippen LogP contribution in [0.1, 0.15) is 23.5 Å². The quantitative estimate of drug-likeness (QED) is 0.837. The molecule has 126 valence electrons. The fourth-order valence-corrected chi connectivity index (χ4v) is 3.73. The molecule has 7 heteroatoms. The van der Waals surface area contributed by atoms with Crippen molar-refractivity contribution in [2.24, 2.45) is 0 Å². The van der Waals surface area contributed by atoms with Crippen LogP contribution in [0.25, 0.3) is 10.6 Å². The maximum Gasteiger partial charge on any atom is 0.265 e. The van der Waals surface area contributed by atoms with Crippen molar-refractivity contribution in [2.45, 2.75) is 26.0 Å². The zero-order valence-electron chi connectivity index (χ0n) is 13.5. The molecule has 1 amide bonds. The number of carbonyl (C=O) groups is 1. The molecule has 1 fully saturated rings. The van der Waals surface area contributed by atoms with Crippen LogP contribution in [0.4, 0.5) is 0 Å². The Morgan fingerprint density at radius 2 is 2.12 bits per heavy atom. The minimum atomic E-state index is 0.0159. The maximum absolute atomic E-state index is 12.8. The van der Waals surface area contributed by atoms with Crippen molar-refractivity contribution >= 4 is 17.2 Å². The monoisotopic (exact) mass is 346 g/mol. The smallest absolute Gasteiger partial charge is 0.265 e. The molecule has 1 saturated heterocycles. The molecule has 6 nitrogen and oxygen atoms in total. The molecule has 0 bridgehead atoms. The Morgan fingerprint density at radius 3 is 3.00 bits per heavy atom. The molecule has 2 aromatic rings. The van der Waals surface area contributed by atoms with Gasteiger partial charge in [0.2, 0.25) is 6.79 Å². The number of rotatable bonds is 2. The number of ether oxygens (including phenoxy) is 3. The second-order valence-electron chi connectivity index (χ2n) is 6.05. The van der Waals surface area contributed by atoms with E-state index in [0.717, 1.165) is 16.3 Å². The first kappa shape index (κ1) is 15.4. The van der Waals surface area contributed by atoms with Gasteiger partial charge in [0.05, 0.1) is 24.9 Å². The van der Waals surface area contributed by atoms with E-state index in [1.165, 1.54) is 11.3 Å². The lowest BCUT2D eigenvalue weighted by atomic mass is 10.2. The number of carbonyl (C=O) groups excluding carboxylic acids is 1. The summed E-state index contributed by atoms with van der Waals surface area (Å²) in [5, 5.41) is 0.797. The van der Waals surface area contributed by atoms with E-state index in [1.54, 1.807) is 6.20 Å². The lowest BCUT2D eigenvalue weighted by Gasteiger charge is -2.36. The Morgan fingerprint density at radius 1 is 1.29 bits per heavy atom. The van der Waals surface area contributed by atoms with Gasteiger partial charge in [-0.25, -0.2) is 4.98 Å². The number of benzene rings is 1. The van der Waals surface area contributed by atoms with E-state index in [-0.39, 0.29) is 24.8 Å². The van der Waals surface area contributed by atoms with Crippen LogP contribution in [0.3, 0.4) is 0 Å². The molecule has 0 unspecified atom stereocenters. The zero-order valence-corrected chi connectivity index (χ0v) is 14.3. The summed E-state index contributed by atoms with van der Waals surface area (Å²) in [6.07, 6.45) is 1.71. The minimum absolute atomic E-state index is 0.0159. The van der Waals surface area contributed by atoms with Gasteiger partial charge in [-0.3, -0.25) is 4.79 Å². The van der Waals surface area contributed by atoms with Crippen LogP contribution >= 0.6 is 11.3 Å². The van der Waals surface area contributed by atoms with Crippen LogP contribution < -0.4 is 9.47 Å². The second kappa shape index (κ2) is 6.07. The summed E-state index contributed by atoms with van der Waals surface area (Å²) < 4.78 is 16.3. The highest BCUT2D eigenvalue weighted by Crippen LogP contribution is 2.37. The zero-order chi connectivity index (χ0) is 16.7. The minimum Gasteiger partial charge on any atom is -0.454 e. The third-order valence-electron chi connectivity index (χ3n) is 4.20. The highest BCUT2D eigenvalue weighted by molar-refractivity contribution is 7.16. The van der Waals surface area contributed by atoms with Crippen molar-refractivity contribution < 1.29 is 19.0 Å². The molecule has 2 atom stereocenters. The first-order valence-electron chi connectivity index (χ1n) is 7.90. The fraction of sp³-hybridized carbons (Fsp3) is 0.412. The van der Waals surface area contributed by atoms with Gasteiger partial charge < -0.3 is 19.1 Å². The lowest BCUT2D eigenvalue weighted by molar-refractivity contribution is -0.0385. The van der Waals surface area contributed by atoms with Crippen LogP contribution in [0.2, 0.25) is 0 Å². The van der Waals surface area contributed by atoms with Gasteiger partial charge in [0.1, 0.15) is 9.88 Å². The van der Waals surface area contributed by atoms with Crippen molar-refractivity contribution in [1.82, 2.24) is 9.88 Å². The molecule has 0 radical (unpaired) electrons. The molecule has 0 spiro atoms. The Kier molecular flexibility index (Phi) is 3.90. The molecule has 2 aliphatic heterocycles. The summed E-state index contributed by atoms with van der Waals surface area (Å²) in [7, 11) is 0. The summed E-state index contributed by atoms with van der Waals surface area (Å²) in [6, 6.07) is 5.77. The summed E-state index contributed by atoms with van der Waals surface area (Å²) >= 11 is 1.40. The topological polar surface area (TPSA) is 60.9 Å². The van der Waals surface area contributed by atoms with E-state index in [0.29, 0.717) is 23.8 Å². The van der Waals surface area contributed by atoms with Crippen LogP contribution in [-0.2, 0) is 4.74 Å². The van der Waals surface area contributed by atoms with Gasteiger partial charge in [0, 0.05) is 12.1 Å². The van der Waals surface area contributed by atoms with E-state index in [9.17, 15) is 4.79 Å². The Hall–Kier alpha value is -2.12. The predicted octanol–water partition coefficient (Wildman–Crippen LogP) is 2.79. The van der Waals surface area contributed by atoms with Crippen LogP contribution in [0.5, 0.6) is 11.5 Å². The average Bonchev–Trinajstić information content (AvgIpc) is 3.24. The largest absolute Gasteiger partial charge is 0.454 e. The van der Waals surface area contributed by atoms with Crippen molar-refractivity contribution in [2.75, 3.05) is 19.9 Å². The maximum atomic E-state index is 12.8. The van der Waals surface area contributed by atoms with E-state index >= 15 is 0 Å². The number of hydrogen-bond donors (Lipinski definition) is 0. The second-order valence-corrected chi connectivity index (χ2v) is 7.08. The number of aromatic nitrogens is 1. The van der Waals surface area contributed by atoms with Crippen LogP contribution in [0, 0.1) is 0 Å². The fourth-order valence-electron chi connectivity index (χ4n) is 2.86. The molecular formula is C17H18N2O4S. The molecule has 24 heavy (non-hydrogen) atoms. The Balaban J connectivity index is 1.57. The number of morpholine rings is 1. The highest BCUT2D eigenvalue weighted by atomic mass is 32.1. The van der Waals surface area contributed by atoms with Crippen molar-refractivity contribution in [3.8, 4) is 22.1 Å². The molecule has 0 aliphatic carbocycles. The number of hydrogen-bond acceptors (Lipinski definition) is 6. The van der Waals surface area contributed by atoms with E-state index in [1.807, 2.05) is 36.9 Å². The van der Waals surface area contributed by atoms with Crippen LogP contribution in [-0.4, -0.2) is 47.9 Å². The van der Waals surface area contributed by atoms with Crippen molar-refractivity contribution in [3.05, 3.63) is 29.3 Å². The summed E-state index contributed by atoms with van der Waals surface area (Å²) in [6.45, 7) is 5.41. The third kappa shape index (κ3) is 2.74. The molecule has 1 aromatic heterocycles. The first-order chi connectivity index (χ1) is 11.6. The normalized spacial score (nSPS) is 22.7. The van der Waals surface area contributed by atoms with Gasteiger partial charge in [-0.15, -0.1) is 11.3 Å². The molecule has 3 heterocycles. The summed E-state index contributed by atoms with van der Waals surface area (Å²) in [5.74, 6) is 1.47. The average molecular weight is 346 g/mol. The van der Waals surface area contributed by atoms with E-state index in [2.05, 4.69) is 4.98 Å². The number of thiazole rings is 1. The van der Waals surface area contributed by atoms with E-state index < -0.39 is 0 Å². The third-order valence-corrected chi connectivity index (χ3v) is 5.24. The number of fused-ring (bicyclic) bond motifs is 1. The number of amides is 1. The van der Waals surface area contributed by atoms with Gasteiger partial charge in [-0.05, 0) is 32.0 Å². The van der Waals surface area contributed by atoms with E-state index in [4.69, 9.17) is 14.2 Å². The van der Waals surface area contributed by atoms with Gasteiger partial charge in [0.15, 0.2) is 11.5 Å². The SMILES string of the molecule is C[C@@H]1CN(C(=O)c2cnc(-c3ccc4c(c3)OCO4)s2)[C@@H](C)CO1. The molecular weight excluding hydrogens is 328 g/mol.